The molecular weight excluding hydrogens is 802 g/mol. The van der Waals surface area contributed by atoms with E-state index in [1.807, 2.05) is 0 Å². The minimum absolute atomic E-state index is 0. The van der Waals surface area contributed by atoms with E-state index in [2.05, 4.69) is 125 Å². The van der Waals surface area contributed by atoms with Crippen LogP contribution < -0.4 is 0 Å². The molecule has 0 saturated carbocycles. The molecule has 7 rings (SSSR count). The number of rotatable bonds is 14. The Labute approximate surface area is 314 Å². The number of halogens is 2. The van der Waals surface area contributed by atoms with Crippen LogP contribution in [-0.2, 0) is 32.8 Å². The van der Waals surface area contributed by atoms with Gasteiger partial charge < -0.3 is 0 Å². The number of unbranched alkanes of at least 4 members (excludes halogenated alkanes) is 2. The van der Waals surface area contributed by atoms with Gasteiger partial charge in [0.05, 0.1) is 0 Å². The van der Waals surface area contributed by atoms with E-state index in [9.17, 15) is 0 Å². The van der Waals surface area contributed by atoms with Crippen LogP contribution in [0.5, 0.6) is 0 Å². The third-order valence-electron chi connectivity index (χ3n) is 11.5. The first-order chi connectivity index (χ1) is 23.1. The van der Waals surface area contributed by atoms with Gasteiger partial charge in [0.1, 0.15) is 0 Å². The van der Waals surface area contributed by atoms with Gasteiger partial charge in [0.25, 0.3) is 0 Å². The molecule has 2 aliphatic carbocycles. The second kappa shape index (κ2) is 16.9. The SMILES string of the molecule is CCCCC1=Cc2c(-c3ccc(CCC)cc3)cccc2[CH]1[Hf]1([CH]2C(CCCC)=Cc3c(-c4ccc(CCC)cc4)cccc32)[CH2][CH2]1.Cl.Cl. The number of benzene rings is 4. The zero-order valence-electron chi connectivity index (χ0n) is 30.2. The summed E-state index contributed by atoms with van der Waals surface area (Å²) in [6.07, 6.45) is 17.8. The summed E-state index contributed by atoms with van der Waals surface area (Å²) >= 11 is -2.94. The van der Waals surface area contributed by atoms with E-state index in [0.29, 0.717) is 0 Å². The van der Waals surface area contributed by atoms with E-state index in [4.69, 9.17) is 0 Å². The second-order valence-corrected chi connectivity index (χ2v) is 31.4. The molecule has 1 fully saturated rings. The van der Waals surface area contributed by atoms with Crippen LogP contribution in [0.3, 0.4) is 0 Å². The second-order valence-electron chi connectivity index (χ2n) is 14.8. The molecule has 258 valence electrons. The number of hydrogen-bond acceptors (Lipinski definition) is 0. The monoisotopic (exact) mass is 858 g/mol. The summed E-state index contributed by atoms with van der Waals surface area (Å²) in [5.41, 5.74) is 18.7. The van der Waals surface area contributed by atoms with Crippen LogP contribution in [0.1, 0.15) is 120 Å². The first-order valence-electron chi connectivity index (χ1n) is 19.0. The zero-order valence-corrected chi connectivity index (χ0v) is 35.4. The number of hydrogen-bond donors (Lipinski definition) is 0. The quantitative estimate of drug-likeness (QED) is 0.111. The molecular formula is C46H56Cl2Hf. The minimum Gasteiger partial charge on any atom is -0.147 e. The fourth-order valence-electron chi connectivity index (χ4n) is 9.15. The van der Waals surface area contributed by atoms with Crippen LogP contribution in [0.2, 0.25) is 8.35 Å². The summed E-state index contributed by atoms with van der Waals surface area (Å²) in [6, 6.07) is 33.7. The van der Waals surface area contributed by atoms with Crippen LogP contribution in [0.25, 0.3) is 34.4 Å². The normalized spacial score (nSPS) is 18.1. The molecule has 0 nitrogen and oxygen atoms in total. The predicted molar refractivity (Wildman–Crippen MR) is 216 cm³/mol. The molecule has 0 N–H and O–H groups in total. The van der Waals surface area contributed by atoms with E-state index in [1.165, 1.54) is 84.7 Å². The molecule has 4 aromatic rings. The van der Waals surface area contributed by atoms with Crippen LogP contribution in [0.15, 0.2) is 96.1 Å². The fourth-order valence-corrected chi connectivity index (χ4v) is 37.2. The van der Waals surface area contributed by atoms with Gasteiger partial charge in [-0.2, -0.15) is 0 Å². The number of fused-ring (bicyclic) bond motifs is 2. The Morgan fingerprint density at radius 1 is 0.490 bits per heavy atom. The van der Waals surface area contributed by atoms with Crippen LogP contribution in [-0.4, -0.2) is 0 Å². The Balaban J connectivity index is 0.00000234. The largest absolute Gasteiger partial charge is 0.147 e. The standard InChI is InChI=1S/2C22H25.C2H4.2ClH.Hf/c2*1-3-5-8-18-15-20-9-6-10-21(22(20)16-18)19-13-11-17(7-4-2)12-14-19;1-2;;;/h2*6,9-16H,3-5,7-8H2,1-2H3;1-2H2;2*1H;. The molecule has 1 saturated heterocycles. The van der Waals surface area contributed by atoms with Gasteiger partial charge in [-0.25, -0.2) is 0 Å². The molecule has 0 spiro atoms. The summed E-state index contributed by atoms with van der Waals surface area (Å²) in [4.78, 5) is 0. The average Bonchev–Trinajstić information content (AvgIpc) is 3.64. The van der Waals surface area contributed by atoms with Gasteiger partial charge in [0.15, 0.2) is 0 Å². The molecule has 2 atom stereocenters. The molecule has 4 aromatic carbocycles. The Hall–Kier alpha value is -2.19. The van der Waals surface area contributed by atoms with Gasteiger partial charge in [0, 0.05) is 0 Å². The van der Waals surface area contributed by atoms with Crippen molar-refractivity contribution in [1.29, 1.82) is 0 Å². The van der Waals surface area contributed by atoms with Crippen molar-refractivity contribution in [3.05, 3.63) is 129 Å². The van der Waals surface area contributed by atoms with E-state index in [-0.39, 0.29) is 24.8 Å². The van der Waals surface area contributed by atoms with E-state index >= 15 is 0 Å². The van der Waals surface area contributed by atoms with Crippen LogP contribution >= 0.6 is 24.8 Å². The van der Waals surface area contributed by atoms with Gasteiger partial charge in [-0.1, -0.05) is 0 Å². The molecule has 0 amide bonds. The Bertz CT molecular complexity index is 1650. The van der Waals surface area contributed by atoms with E-state index < -0.39 is 20.0 Å². The summed E-state index contributed by atoms with van der Waals surface area (Å²) in [5.74, 6) is 0. The minimum atomic E-state index is -2.94. The third-order valence-corrected chi connectivity index (χ3v) is 30.6. The predicted octanol–water partition coefficient (Wildman–Crippen LogP) is 14.7. The van der Waals surface area contributed by atoms with Crippen molar-refractivity contribution >= 4 is 37.0 Å². The topological polar surface area (TPSA) is 0 Å². The molecule has 0 aromatic heterocycles. The van der Waals surface area contributed by atoms with Gasteiger partial charge in [-0.15, -0.1) is 24.8 Å². The molecule has 2 unspecified atom stereocenters. The summed E-state index contributed by atoms with van der Waals surface area (Å²) in [5, 5.41) is 0. The first kappa shape index (κ1) is 38.1. The number of aryl methyl sites for hydroxylation is 2. The molecule has 0 bridgehead atoms. The molecule has 1 aliphatic heterocycles. The van der Waals surface area contributed by atoms with E-state index in [0.717, 1.165) is 20.2 Å². The smallest absolute Gasteiger partial charge is 0.147 e. The van der Waals surface area contributed by atoms with Crippen molar-refractivity contribution < 1.29 is 20.0 Å². The zero-order chi connectivity index (χ0) is 32.4. The molecule has 0 radical (unpaired) electrons. The van der Waals surface area contributed by atoms with Gasteiger partial charge in [0.2, 0.25) is 0 Å². The van der Waals surface area contributed by atoms with Crippen molar-refractivity contribution in [1.82, 2.24) is 0 Å². The molecule has 1 heterocycles. The van der Waals surface area contributed by atoms with Crippen molar-refractivity contribution in [2.24, 2.45) is 0 Å². The van der Waals surface area contributed by atoms with Gasteiger partial charge in [-0.05, 0) is 0 Å². The third kappa shape index (κ3) is 7.43. The molecule has 49 heavy (non-hydrogen) atoms. The maximum atomic E-state index is 2.70. The Morgan fingerprint density at radius 2 is 0.898 bits per heavy atom. The Kier molecular flexibility index (Phi) is 13.1. The fraction of sp³-hybridized carbons (Fsp3) is 0.391. The van der Waals surface area contributed by atoms with Crippen molar-refractivity contribution in [3.8, 4) is 22.3 Å². The van der Waals surface area contributed by atoms with Gasteiger partial charge in [-0.3, -0.25) is 0 Å². The Morgan fingerprint density at radius 3 is 1.24 bits per heavy atom. The van der Waals surface area contributed by atoms with Crippen molar-refractivity contribution in [3.63, 3.8) is 0 Å². The van der Waals surface area contributed by atoms with Crippen molar-refractivity contribution in [2.45, 2.75) is 108 Å². The average molecular weight is 858 g/mol. The van der Waals surface area contributed by atoms with Gasteiger partial charge >= 0.3 is 291 Å². The summed E-state index contributed by atoms with van der Waals surface area (Å²) in [7, 11) is 0. The maximum absolute atomic E-state index is 2.94. The summed E-state index contributed by atoms with van der Waals surface area (Å²) < 4.78 is 4.53. The van der Waals surface area contributed by atoms with Crippen LogP contribution in [0, 0.1) is 0 Å². The number of allylic oxidation sites excluding steroid dienone is 2. The maximum Gasteiger partial charge on any atom is -0.147 e. The van der Waals surface area contributed by atoms with E-state index in [1.54, 1.807) is 41.8 Å². The van der Waals surface area contributed by atoms with Crippen LogP contribution in [0.4, 0.5) is 0 Å². The molecule has 3 aliphatic rings. The summed E-state index contributed by atoms with van der Waals surface area (Å²) in [6.45, 7) is 9.29. The van der Waals surface area contributed by atoms with Crippen molar-refractivity contribution in [2.75, 3.05) is 0 Å². The molecule has 3 heteroatoms. The first-order valence-corrected chi connectivity index (χ1v) is 28.2.